The number of esters is 1. The minimum atomic E-state index is -4.76. The molecule has 0 bridgehead atoms. The maximum Gasteiger partial charge on any atom is 0.418 e. The summed E-state index contributed by atoms with van der Waals surface area (Å²) in [6.07, 6.45) is -4.76. The van der Waals surface area contributed by atoms with Crippen LogP contribution in [-0.4, -0.2) is 57.0 Å². The first-order valence-electron chi connectivity index (χ1n) is 12.7. The number of alkyl halides is 3. The summed E-state index contributed by atoms with van der Waals surface area (Å²) >= 11 is 0. The Hall–Kier alpha value is -4.64. The highest BCUT2D eigenvalue weighted by Gasteiger charge is 2.36. The number of hydrogen-bond donors (Lipinski definition) is 2. The van der Waals surface area contributed by atoms with Crippen molar-refractivity contribution in [1.82, 2.24) is 4.90 Å². The Kier molecular flexibility index (Phi) is 8.48. The van der Waals surface area contributed by atoms with E-state index < -0.39 is 29.5 Å². The molecule has 11 heteroatoms. The third-order valence-electron chi connectivity index (χ3n) is 6.35. The predicted octanol–water partition coefficient (Wildman–Crippen LogP) is 5.34. The second kappa shape index (κ2) is 11.8. The fourth-order valence-corrected chi connectivity index (χ4v) is 4.43. The van der Waals surface area contributed by atoms with Gasteiger partial charge in [-0.2, -0.15) is 13.2 Å². The van der Waals surface area contributed by atoms with Crippen LogP contribution < -0.4 is 15.5 Å². The van der Waals surface area contributed by atoms with Gasteiger partial charge in [0.15, 0.2) is 0 Å². The van der Waals surface area contributed by atoms with Crippen LogP contribution in [0.2, 0.25) is 0 Å². The van der Waals surface area contributed by atoms with Crippen LogP contribution in [0.4, 0.5) is 30.2 Å². The molecule has 4 rings (SSSR count). The quantitative estimate of drug-likeness (QED) is 0.283. The van der Waals surface area contributed by atoms with E-state index in [0.29, 0.717) is 16.8 Å². The molecule has 2 N–H and O–H groups in total. The van der Waals surface area contributed by atoms with Crippen LogP contribution >= 0.6 is 0 Å². The highest BCUT2D eigenvalue weighted by molar-refractivity contribution is 6.37. The molecule has 3 aromatic carbocycles. The summed E-state index contributed by atoms with van der Waals surface area (Å²) in [5.74, 6) is -1.54. The van der Waals surface area contributed by atoms with E-state index in [1.54, 1.807) is 62.3 Å². The highest BCUT2D eigenvalue weighted by Crippen LogP contribution is 2.41. The number of amides is 2. The van der Waals surface area contributed by atoms with Gasteiger partial charge in [0, 0.05) is 18.3 Å². The van der Waals surface area contributed by atoms with Crippen LogP contribution in [0, 0.1) is 0 Å². The molecule has 0 saturated carbocycles. The molecule has 2 amide bonds. The van der Waals surface area contributed by atoms with Gasteiger partial charge in [0.25, 0.3) is 5.91 Å². The number of ether oxygens (including phenoxy) is 1. The van der Waals surface area contributed by atoms with E-state index in [0.717, 1.165) is 11.0 Å². The van der Waals surface area contributed by atoms with Gasteiger partial charge in [-0.25, -0.2) is 4.79 Å². The molecule has 0 fully saturated rings. The van der Waals surface area contributed by atoms with Gasteiger partial charge in [0.2, 0.25) is 5.91 Å². The second-order valence-corrected chi connectivity index (χ2v) is 9.60. The summed E-state index contributed by atoms with van der Waals surface area (Å²) in [6, 6.07) is 16.9. The van der Waals surface area contributed by atoms with Crippen molar-refractivity contribution in [3.8, 4) is 0 Å². The van der Waals surface area contributed by atoms with Crippen molar-refractivity contribution >= 4 is 46.1 Å². The number of benzene rings is 3. The fraction of sp³-hybridized carbons (Fsp3) is 0.233. The number of nitrogens with one attached hydrogen (secondary N) is 2. The smallest absolute Gasteiger partial charge is 0.418 e. The van der Waals surface area contributed by atoms with Crippen molar-refractivity contribution in [1.29, 1.82) is 0 Å². The average molecular weight is 567 g/mol. The van der Waals surface area contributed by atoms with Crippen LogP contribution in [0.15, 0.2) is 66.7 Å². The number of carbonyl (C=O) groups is 3. The molecule has 41 heavy (non-hydrogen) atoms. The van der Waals surface area contributed by atoms with Crippen molar-refractivity contribution < 1.29 is 32.3 Å². The molecule has 214 valence electrons. The van der Waals surface area contributed by atoms with Gasteiger partial charge >= 0.3 is 12.1 Å². The van der Waals surface area contributed by atoms with Crippen LogP contribution in [0.1, 0.15) is 34.0 Å². The maximum absolute atomic E-state index is 14.2. The van der Waals surface area contributed by atoms with Crippen LogP contribution in [-0.2, 0) is 20.5 Å². The molecule has 1 aliphatic heterocycles. The van der Waals surface area contributed by atoms with Gasteiger partial charge in [-0.3, -0.25) is 9.59 Å². The van der Waals surface area contributed by atoms with E-state index in [9.17, 15) is 27.6 Å². The summed E-state index contributed by atoms with van der Waals surface area (Å²) in [6.45, 7) is 1.81. The lowest BCUT2D eigenvalue weighted by Crippen LogP contribution is -2.36. The zero-order valence-corrected chi connectivity index (χ0v) is 22.9. The van der Waals surface area contributed by atoms with Gasteiger partial charge in [0.1, 0.15) is 0 Å². The number of halogens is 3. The molecule has 1 heterocycles. The van der Waals surface area contributed by atoms with Crippen molar-refractivity contribution in [2.24, 2.45) is 0 Å². The number of hydrogen-bond acceptors (Lipinski definition) is 6. The Morgan fingerprint density at radius 3 is 2.29 bits per heavy atom. The Balaban J connectivity index is 1.82. The SMILES string of the molecule is CCOC(=O)c1ccc2c(c1)NC(=O)C2=C(Nc1ccc(N(C)C(=O)CN(C)C)c(C(F)(F)F)c1)c1ccccc1. The predicted molar refractivity (Wildman–Crippen MR) is 151 cm³/mol. The lowest BCUT2D eigenvalue weighted by atomic mass is 9.98. The monoisotopic (exact) mass is 566 g/mol. The number of rotatable bonds is 8. The van der Waals surface area contributed by atoms with Crippen LogP contribution in [0.25, 0.3) is 11.3 Å². The van der Waals surface area contributed by atoms with Crippen LogP contribution in [0.5, 0.6) is 0 Å². The van der Waals surface area contributed by atoms with E-state index in [2.05, 4.69) is 10.6 Å². The molecular weight excluding hydrogens is 537 g/mol. The highest BCUT2D eigenvalue weighted by atomic mass is 19.4. The molecular formula is C30H29F3N4O4. The molecule has 0 atom stereocenters. The third kappa shape index (κ3) is 6.41. The minimum Gasteiger partial charge on any atom is -0.462 e. The van der Waals surface area contributed by atoms with Gasteiger partial charge in [-0.1, -0.05) is 36.4 Å². The normalized spacial score (nSPS) is 13.9. The summed E-state index contributed by atoms with van der Waals surface area (Å²) < 4.78 is 47.6. The summed E-state index contributed by atoms with van der Waals surface area (Å²) in [4.78, 5) is 40.5. The van der Waals surface area contributed by atoms with E-state index in [1.165, 1.54) is 31.3 Å². The van der Waals surface area contributed by atoms with Gasteiger partial charge < -0.3 is 25.2 Å². The van der Waals surface area contributed by atoms with Gasteiger partial charge in [0.05, 0.1) is 46.9 Å². The Bertz CT molecular complexity index is 1520. The Labute approximate surface area is 235 Å². The van der Waals surface area contributed by atoms with E-state index in [4.69, 9.17) is 4.74 Å². The Morgan fingerprint density at radius 2 is 1.66 bits per heavy atom. The lowest BCUT2D eigenvalue weighted by Gasteiger charge is -2.24. The molecule has 0 spiro atoms. The molecule has 3 aromatic rings. The number of anilines is 3. The first-order chi connectivity index (χ1) is 19.4. The number of likely N-dealkylation sites (N-methyl/N-ethyl adjacent to an activating group) is 2. The average Bonchev–Trinajstić information content (AvgIpc) is 3.25. The standard InChI is InChI=1S/C30H29F3N4O4/c1-5-41-29(40)19-11-13-21-23(15-19)35-28(39)26(21)27(18-9-7-6-8-10-18)34-20-12-14-24(22(16-20)30(31,32)33)37(4)25(38)17-36(2)3/h6-16,34H,5,17H2,1-4H3,(H,35,39). The van der Waals surface area contributed by atoms with Crippen molar-refractivity contribution in [2.45, 2.75) is 13.1 Å². The first-order valence-corrected chi connectivity index (χ1v) is 12.7. The van der Waals surface area contributed by atoms with E-state index >= 15 is 0 Å². The zero-order valence-electron chi connectivity index (χ0n) is 22.9. The molecule has 0 radical (unpaired) electrons. The van der Waals surface area contributed by atoms with Crippen molar-refractivity contribution in [3.05, 3.63) is 89.0 Å². The largest absolute Gasteiger partial charge is 0.462 e. The van der Waals surface area contributed by atoms with Gasteiger partial charge in [-0.15, -0.1) is 0 Å². The molecule has 0 aromatic heterocycles. The van der Waals surface area contributed by atoms with Crippen molar-refractivity contribution in [2.75, 3.05) is 49.8 Å². The number of nitrogens with zero attached hydrogens (tertiary/aromatic N) is 2. The third-order valence-corrected chi connectivity index (χ3v) is 6.35. The molecule has 8 nitrogen and oxygen atoms in total. The van der Waals surface area contributed by atoms with E-state index in [1.807, 2.05) is 0 Å². The summed E-state index contributed by atoms with van der Waals surface area (Å²) in [7, 11) is 4.60. The summed E-state index contributed by atoms with van der Waals surface area (Å²) in [5, 5.41) is 5.76. The zero-order chi connectivity index (χ0) is 29.9. The van der Waals surface area contributed by atoms with Gasteiger partial charge in [-0.05, 0) is 56.9 Å². The second-order valence-electron chi connectivity index (χ2n) is 9.60. The number of fused-ring (bicyclic) bond motifs is 1. The fourth-order valence-electron chi connectivity index (χ4n) is 4.43. The number of carbonyl (C=O) groups excluding carboxylic acids is 3. The Morgan fingerprint density at radius 1 is 0.951 bits per heavy atom. The van der Waals surface area contributed by atoms with Crippen molar-refractivity contribution in [3.63, 3.8) is 0 Å². The molecule has 1 aliphatic rings. The summed E-state index contributed by atoms with van der Waals surface area (Å²) in [5.41, 5.74) is 0.861. The van der Waals surface area contributed by atoms with Crippen LogP contribution in [0.3, 0.4) is 0 Å². The minimum absolute atomic E-state index is 0.0604. The van der Waals surface area contributed by atoms with E-state index in [-0.39, 0.29) is 41.4 Å². The maximum atomic E-state index is 14.2. The molecule has 0 aliphatic carbocycles. The molecule has 0 unspecified atom stereocenters. The lowest BCUT2D eigenvalue weighted by molar-refractivity contribution is -0.137. The molecule has 0 saturated heterocycles. The topological polar surface area (TPSA) is 91.0 Å². The first kappa shape index (κ1) is 29.3.